The molecule has 144 valence electrons. The number of aliphatic carboxylic acids is 1. The van der Waals surface area contributed by atoms with Gasteiger partial charge in [-0.25, -0.2) is 0 Å². The van der Waals surface area contributed by atoms with Crippen molar-refractivity contribution < 1.29 is 14.7 Å². The fourth-order valence-electron chi connectivity index (χ4n) is 3.78. The second-order valence-corrected chi connectivity index (χ2v) is 6.97. The van der Waals surface area contributed by atoms with Gasteiger partial charge in [0.15, 0.2) is 0 Å². The Hall–Kier alpha value is -3.42. The molecule has 4 rings (SSSR count). The zero-order valence-electron chi connectivity index (χ0n) is 15.3. The number of carboxylic acids is 1. The van der Waals surface area contributed by atoms with Gasteiger partial charge >= 0.3 is 5.97 Å². The van der Waals surface area contributed by atoms with Crippen LogP contribution < -0.4 is 0 Å². The first-order valence-corrected chi connectivity index (χ1v) is 9.24. The Morgan fingerprint density at radius 2 is 2.14 bits per heavy atom. The molecule has 0 saturated carbocycles. The van der Waals surface area contributed by atoms with Crippen molar-refractivity contribution in [3.8, 4) is 11.1 Å². The molecular formula is C20H21N5O3. The average Bonchev–Trinajstić information content (AvgIpc) is 3.39. The monoisotopic (exact) mass is 379 g/mol. The van der Waals surface area contributed by atoms with Crippen LogP contribution in [0.2, 0.25) is 0 Å². The fourth-order valence-corrected chi connectivity index (χ4v) is 3.78. The van der Waals surface area contributed by atoms with Gasteiger partial charge in [0.1, 0.15) is 6.54 Å². The molecule has 1 aliphatic rings. The molecule has 2 N–H and O–H groups in total. The summed E-state index contributed by atoms with van der Waals surface area (Å²) in [7, 11) is 0. The second-order valence-electron chi connectivity index (χ2n) is 6.97. The van der Waals surface area contributed by atoms with E-state index in [1.165, 1.54) is 4.68 Å². The van der Waals surface area contributed by atoms with E-state index < -0.39 is 5.97 Å². The number of rotatable bonds is 5. The maximum Gasteiger partial charge on any atom is 0.325 e. The maximum atomic E-state index is 13.1. The SMILES string of the molecule is O=C(O)Cn1nccc1[C@H]1CCCN(C(=O)c2cccc(-c3cn[nH]c3)c2)C1. The van der Waals surface area contributed by atoms with Gasteiger partial charge in [-0.3, -0.25) is 19.4 Å². The van der Waals surface area contributed by atoms with Crippen LogP contribution in [0.5, 0.6) is 0 Å². The number of carbonyl (C=O) groups is 2. The van der Waals surface area contributed by atoms with Crippen molar-refractivity contribution in [3.63, 3.8) is 0 Å². The maximum absolute atomic E-state index is 13.1. The topological polar surface area (TPSA) is 104 Å². The standard InChI is InChI=1S/C20H21N5O3/c26-19(27)13-25-18(6-7-23-25)16-5-2-8-24(12-16)20(28)15-4-1-3-14(9-15)17-10-21-22-11-17/h1,3-4,6-7,9-11,16H,2,5,8,12-13H2,(H,21,22)(H,26,27)/t16-/m0/s1. The summed E-state index contributed by atoms with van der Waals surface area (Å²) >= 11 is 0. The Labute approximate surface area is 161 Å². The highest BCUT2D eigenvalue weighted by atomic mass is 16.4. The van der Waals surface area contributed by atoms with Crippen LogP contribution in [0.1, 0.15) is 34.8 Å². The van der Waals surface area contributed by atoms with E-state index in [1.807, 2.05) is 35.2 Å². The lowest BCUT2D eigenvalue weighted by Gasteiger charge is -2.33. The van der Waals surface area contributed by atoms with Crippen LogP contribution in [-0.4, -0.2) is 55.0 Å². The number of aromatic amines is 1. The van der Waals surface area contributed by atoms with E-state index in [0.29, 0.717) is 18.7 Å². The van der Waals surface area contributed by atoms with E-state index in [9.17, 15) is 9.59 Å². The normalized spacial score (nSPS) is 16.9. The summed E-state index contributed by atoms with van der Waals surface area (Å²) in [5.74, 6) is -0.860. The van der Waals surface area contributed by atoms with Gasteiger partial charge in [0.25, 0.3) is 5.91 Å². The Morgan fingerprint density at radius 1 is 1.25 bits per heavy atom. The molecule has 1 amide bonds. The second kappa shape index (κ2) is 7.67. The van der Waals surface area contributed by atoms with Crippen LogP contribution >= 0.6 is 0 Å². The van der Waals surface area contributed by atoms with E-state index in [0.717, 1.165) is 29.7 Å². The molecule has 0 spiro atoms. The van der Waals surface area contributed by atoms with E-state index in [4.69, 9.17) is 5.11 Å². The van der Waals surface area contributed by atoms with Crippen molar-refractivity contribution in [2.24, 2.45) is 0 Å². The molecule has 28 heavy (non-hydrogen) atoms. The number of hydrogen-bond donors (Lipinski definition) is 2. The van der Waals surface area contributed by atoms with Gasteiger partial charge in [-0.15, -0.1) is 0 Å². The number of carboxylic acid groups (broad SMARTS) is 1. The lowest BCUT2D eigenvalue weighted by molar-refractivity contribution is -0.137. The Balaban J connectivity index is 1.52. The quantitative estimate of drug-likeness (QED) is 0.708. The molecule has 3 heterocycles. The number of nitrogens with zero attached hydrogens (tertiary/aromatic N) is 4. The minimum atomic E-state index is -0.926. The molecule has 0 bridgehead atoms. The van der Waals surface area contributed by atoms with E-state index in [-0.39, 0.29) is 18.4 Å². The summed E-state index contributed by atoms with van der Waals surface area (Å²) in [6.45, 7) is 1.08. The summed E-state index contributed by atoms with van der Waals surface area (Å²) < 4.78 is 1.51. The average molecular weight is 379 g/mol. The van der Waals surface area contributed by atoms with Crippen LogP contribution in [0.15, 0.2) is 48.9 Å². The minimum Gasteiger partial charge on any atom is -0.480 e. The van der Waals surface area contributed by atoms with Crippen LogP contribution in [-0.2, 0) is 11.3 Å². The zero-order valence-corrected chi connectivity index (χ0v) is 15.3. The molecule has 0 aliphatic carbocycles. The van der Waals surface area contributed by atoms with Gasteiger partial charge < -0.3 is 10.0 Å². The smallest absolute Gasteiger partial charge is 0.325 e. The molecule has 8 heteroatoms. The van der Waals surface area contributed by atoms with Gasteiger partial charge in [0.05, 0.1) is 6.20 Å². The van der Waals surface area contributed by atoms with Crippen molar-refractivity contribution in [1.29, 1.82) is 0 Å². The third kappa shape index (κ3) is 3.66. The summed E-state index contributed by atoms with van der Waals surface area (Å²) in [5.41, 5.74) is 3.38. The van der Waals surface area contributed by atoms with Gasteiger partial charge in [-0.2, -0.15) is 10.2 Å². The van der Waals surface area contributed by atoms with Crippen LogP contribution in [0.3, 0.4) is 0 Å². The van der Waals surface area contributed by atoms with Crippen molar-refractivity contribution in [3.05, 3.63) is 60.2 Å². The largest absolute Gasteiger partial charge is 0.480 e. The van der Waals surface area contributed by atoms with E-state index in [1.54, 1.807) is 18.6 Å². The molecule has 1 atom stereocenters. The molecule has 8 nitrogen and oxygen atoms in total. The van der Waals surface area contributed by atoms with Gasteiger partial charge in [0.2, 0.25) is 0 Å². The van der Waals surface area contributed by atoms with Gasteiger partial charge in [-0.1, -0.05) is 12.1 Å². The molecule has 2 aromatic heterocycles. The minimum absolute atomic E-state index is 0.0145. The van der Waals surface area contributed by atoms with Crippen LogP contribution in [0, 0.1) is 0 Å². The Morgan fingerprint density at radius 3 is 2.93 bits per heavy atom. The summed E-state index contributed by atoms with van der Waals surface area (Å²) in [4.78, 5) is 26.0. The summed E-state index contributed by atoms with van der Waals surface area (Å²) in [6, 6.07) is 9.38. The summed E-state index contributed by atoms with van der Waals surface area (Å²) in [5, 5.41) is 19.9. The lowest BCUT2D eigenvalue weighted by atomic mass is 9.94. The van der Waals surface area contributed by atoms with Crippen molar-refractivity contribution >= 4 is 11.9 Å². The number of hydrogen-bond acceptors (Lipinski definition) is 4. The number of piperidine rings is 1. The number of benzene rings is 1. The predicted octanol–water partition coefficient (Wildman–Crippen LogP) is 2.38. The number of nitrogens with one attached hydrogen (secondary N) is 1. The molecule has 3 aromatic rings. The summed E-state index contributed by atoms with van der Waals surface area (Å²) in [6.07, 6.45) is 6.92. The highest BCUT2D eigenvalue weighted by Crippen LogP contribution is 2.28. The van der Waals surface area contributed by atoms with Gasteiger partial charge in [0, 0.05) is 48.2 Å². The lowest BCUT2D eigenvalue weighted by Crippen LogP contribution is -2.39. The zero-order chi connectivity index (χ0) is 19.5. The molecule has 1 saturated heterocycles. The van der Waals surface area contributed by atoms with Crippen molar-refractivity contribution in [1.82, 2.24) is 24.9 Å². The number of H-pyrrole nitrogens is 1. The molecule has 1 aliphatic heterocycles. The predicted molar refractivity (Wildman–Crippen MR) is 102 cm³/mol. The number of aromatic nitrogens is 4. The Kier molecular flexibility index (Phi) is 4.92. The third-order valence-electron chi connectivity index (χ3n) is 5.10. The van der Waals surface area contributed by atoms with Crippen LogP contribution in [0.4, 0.5) is 0 Å². The van der Waals surface area contributed by atoms with Crippen molar-refractivity contribution in [2.75, 3.05) is 13.1 Å². The first-order chi connectivity index (χ1) is 13.6. The highest BCUT2D eigenvalue weighted by Gasteiger charge is 2.28. The highest BCUT2D eigenvalue weighted by molar-refractivity contribution is 5.95. The molecular weight excluding hydrogens is 358 g/mol. The first-order valence-electron chi connectivity index (χ1n) is 9.24. The number of likely N-dealkylation sites (tertiary alicyclic amines) is 1. The molecule has 0 unspecified atom stereocenters. The fraction of sp³-hybridized carbons (Fsp3) is 0.300. The Bertz CT molecular complexity index is 979. The van der Waals surface area contributed by atoms with E-state index >= 15 is 0 Å². The number of carbonyl (C=O) groups excluding carboxylic acids is 1. The molecule has 0 radical (unpaired) electrons. The molecule has 1 aromatic carbocycles. The first kappa shape index (κ1) is 18.0. The van der Waals surface area contributed by atoms with Crippen LogP contribution in [0.25, 0.3) is 11.1 Å². The van der Waals surface area contributed by atoms with E-state index in [2.05, 4.69) is 15.3 Å². The van der Waals surface area contributed by atoms with Gasteiger partial charge in [-0.05, 0) is 36.6 Å². The number of amides is 1. The molecule has 1 fully saturated rings. The third-order valence-corrected chi connectivity index (χ3v) is 5.10. The van der Waals surface area contributed by atoms with Crippen molar-refractivity contribution in [2.45, 2.75) is 25.3 Å².